The van der Waals surface area contributed by atoms with E-state index in [-0.39, 0.29) is 11.2 Å². The molecule has 6 heteroatoms. The number of benzene rings is 1. The summed E-state index contributed by atoms with van der Waals surface area (Å²) in [5, 5.41) is 13.2. The van der Waals surface area contributed by atoms with Crippen molar-refractivity contribution in [1.82, 2.24) is 4.98 Å². The van der Waals surface area contributed by atoms with E-state index in [1.807, 2.05) is 26.0 Å². The molecular formula is C20H20ClN3OS. The predicted octanol–water partition coefficient (Wildman–Crippen LogP) is 4.91. The smallest absolute Gasteiger partial charge is 0.237 e. The van der Waals surface area contributed by atoms with Crippen LogP contribution in [0.3, 0.4) is 0 Å². The normalized spacial score (nSPS) is 14.2. The molecule has 1 aliphatic carbocycles. The molecule has 1 atom stereocenters. The summed E-state index contributed by atoms with van der Waals surface area (Å²) < 4.78 is 0. The van der Waals surface area contributed by atoms with Crippen LogP contribution in [0.2, 0.25) is 5.02 Å². The highest BCUT2D eigenvalue weighted by atomic mass is 35.5. The Morgan fingerprint density at radius 3 is 2.88 bits per heavy atom. The van der Waals surface area contributed by atoms with Crippen LogP contribution >= 0.6 is 23.4 Å². The molecule has 0 spiro atoms. The summed E-state index contributed by atoms with van der Waals surface area (Å²) in [7, 11) is 0. The molecular weight excluding hydrogens is 366 g/mol. The van der Waals surface area contributed by atoms with Crippen molar-refractivity contribution in [1.29, 1.82) is 5.26 Å². The molecule has 1 aromatic carbocycles. The third-order valence-corrected chi connectivity index (χ3v) is 5.84. The van der Waals surface area contributed by atoms with Gasteiger partial charge in [-0.25, -0.2) is 4.98 Å². The molecule has 0 fully saturated rings. The number of hydrogen-bond acceptors (Lipinski definition) is 4. The Hall–Kier alpha value is -2.03. The van der Waals surface area contributed by atoms with Gasteiger partial charge in [-0.2, -0.15) is 5.26 Å². The van der Waals surface area contributed by atoms with E-state index in [4.69, 9.17) is 11.6 Å². The van der Waals surface area contributed by atoms with Gasteiger partial charge in [0.2, 0.25) is 5.91 Å². The second-order valence-electron chi connectivity index (χ2n) is 6.47. The quantitative estimate of drug-likeness (QED) is 0.759. The number of carbonyl (C=O) groups is 1. The number of rotatable bonds is 4. The third kappa shape index (κ3) is 4.20. The van der Waals surface area contributed by atoms with Gasteiger partial charge in [0.05, 0.1) is 10.8 Å². The lowest BCUT2D eigenvalue weighted by Crippen LogP contribution is -2.23. The van der Waals surface area contributed by atoms with E-state index in [1.54, 1.807) is 12.1 Å². The Morgan fingerprint density at radius 1 is 1.35 bits per heavy atom. The second kappa shape index (κ2) is 8.11. The Bertz CT molecular complexity index is 891. The first-order valence-corrected chi connectivity index (χ1v) is 9.90. The number of aryl methyl sites for hydroxylation is 3. The average molecular weight is 386 g/mol. The highest BCUT2D eigenvalue weighted by molar-refractivity contribution is 8.00. The van der Waals surface area contributed by atoms with Gasteiger partial charge in [-0.1, -0.05) is 29.4 Å². The van der Waals surface area contributed by atoms with E-state index >= 15 is 0 Å². The highest BCUT2D eigenvalue weighted by Gasteiger charge is 2.21. The van der Waals surface area contributed by atoms with Crippen LogP contribution in [0.25, 0.3) is 0 Å². The van der Waals surface area contributed by atoms with Crippen LogP contribution in [0.1, 0.15) is 42.1 Å². The summed E-state index contributed by atoms with van der Waals surface area (Å²) in [5.41, 5.74) is 4.44. The molecule has 4 nitrogen and oxygen atoms in total. The standard InChI is InChI=1S/C20H20ClN3OS/c1-12-7-8-16(21)10-18(12)23-19(25)13(2)26-20-15(11-22)9-14-5-3-4-6-17(14)24-20/h7-10,13H,3-6H2,1-2H3,(H,23,25). The number of aromatic nitrogens is 1. The van der Waals surface area contributed by atoms with E-state index in [9.17, 15) is 10.1 Å². The van der Waals surface area contributed by atoms with Gasteiger partial charge >= 0.3 is 0 Å². The minimum atomic E-state index is -0.380. The number of thioether (sulfide) groups is 1. The van der Waals surface area contributed by atoms with Crippen LogP contribution in [0.5, 0.6) is 0 Å². The van der Waals surface area contributed by atoms with E-state index in [1.165, 1.54) is 17.3 Å². The molecule has 0 aliphatic heterocycles. The van der Waals surface area contributed by atoms with Gasteiger partial charge in [0, 0.05) is 16.4 Å². The van der Waals surface area contributed by atoms with Crippen molar-refractivity contribution in [2.75, 3.05) is 5.32 Å². The summed E-state index contributed by atoms with van der Waals surface area (Å²) in [6.45, 7) is 3.74. The minimum absolute atomic E-state index is 0.135. The average Bonchev–Trinajstić information content (AvgIpc) is 2.64. The maximum Gasteiger partial charge on any atom is 0.237 e. The lowest BCUT2D eigenvalue weighted by atomic mass is 9.95. The molecule has 1 heterocycles. The highest BCUT2D eigenvalue weighted by Crippen LogP contribution is 2.30. The summed E-state index contributed by atoms with van der Waals surface area (Å²) in [6.07, 6.45) is 4.19. The number of nitriles is 1. The van der Waals surface area contributed by atoms with E-state index in [0.29, 0.717) is 21.3 Å². The third-order valence-electron chi connectivity index (χ3n) is 4.50. The van der Waals surface area contributed by atoms with Crippen molar-refractivity contribution in [3.63, 3.8) is 0 Å². The molecule has 0 saturated carbocycles. The van der Waals surface area contributed by atoms with E-state index in [2.05, 4.69) is 16.4 Å². The van der Waals surface area contributed by atoms with E-state index < -0.39 is 0 Å². The fourth-order valence-electron chi connectivity index (χ4n) is 2.97. The largest absolute Gasteiger partial charge is 0.325 e. The number of pyridine rings is 1. The van der Waals surface area contributed by atoms with Crippen molar-refractivity contribution in [2.45, 2.75) is 49.8 Å². The summed E-state index contributed by atoms with van der Waals surface area (Å²) in [5.74, 6) is -0.135. The molecule has 1 N–H and O–H groups in total. The number of fused-ring (bicyclic) bond motifs is 1. The number of nitrogens with zero attached hydrogens (tertiary/aromatic N) is 2. The van der Waals surface area contributed by atoms with Gasteiger partial charge in [-0.15, -0.1) is 0 Å². The minimum Gasteiger partial charge on any atom is -0.325 e. The van der Waals surface area contributed by atoms with Crippen molar-refractivity contribution in [3.05, 3.63) is 51.7 Å². The molecule has 1 amide bonds. The van der Waals surface area contributed by atoms with Crippen LogP contribution in [-0.4, -0.2) is 16.1 Å². The molecule has 2 aromatic rings. The Morgan fingerprint density at radius 2 is 2.12 bits per heavy atom. The van der Waals surface area contributed by atoms with Gasteiger partial charge in [-0.05, 0) is 68.9 Å². The van der Waals surface area contributed by atoms with Crippen LogP contribution < -0.4 is 5.32 Å². The summed E-state index contributed by atoms with van der Waals surface area (Å²) in [6, 6.07) is 9.57. The molecule has 1 aromatic heterocycles. The van der Waals surface area contributed by atoms with Crippen LogP contribution in [0.4, 0.5) is 5.69 Å². The summed E-state index contributed by atoms with van der Waals surface area (Å²) >= 11 is 7.34. The van der Waals surface area contributed by atoms with Gasteiger partial charge in [-0.3, -0.25) is 4.79 Å². The number of amides is 1. The number of halogens is 1. The fourth-order valence-corrected chi connectivity index (χ4v) is 4.04. The summed E-state index contributed by atoms with van der Waals surface area (Å²) in [4.78, 5) is 17.3. The van der Waals surface area contributed by atoms with Crippen molar-refractivity contribution in [3.8, 4) is 6.07 Å². The first-order chi connectivity index (χ1) is 12.5. The molecule has 1 unspecified atom stereocenters. The number of hydrogen-bond donors (Lipinski definition) is 1. The maximum absolute atomic E-state index is 12.6. The Balaban J connectivity index is 1.77. The van der Waals surface area contributed by atoms with Crippen LogP contribution in [0.15, 0.2) is 29.3 Å². The molecule has 0 bridgehead atoms. The SMILES string of the molecule is Cc1ccc(Cl)cc1NC(=O)C(C)Sc1nc2c(cc1C#N)CCCC2. The zero-order chi connectivity index (χ0) is 18.7. The monoisotopic (exact) mass is 385 g/mol. The van der Waals surface area contributed by atoms with Crippen LogP contribution in [0, 0.1) is 18.3 Å². The number of nitrogens with one attached hydrogen (secondary N) is 1. The Labute approximate surface area is 163 Å². The lowest BCUT2D eigenvalue weighted by molar-refractivity contribution is -0.115. The van der Waals surface area contributed by atoms with Crippen LogP contribution in [-0.2, 0) is 17.6 Å². The predicted molar refractivity (Wildman–Crippen MR) is 106 cm³/mol. The van der Waals surface area contributed by atoms with Crippen molar-refractivity contribution in [2.24, 2.45) is 0 Å². The van der Waals surface area contributed by atoms with Gasteiger partial charge < -0.3 is 5.32 Å². The zero-order valence-electron chi connectivity index (χ0n) is 14.8. The first kappa shape index (κ1) is 18.8. The molecule has 134 valence electrons. The maximum atomic E-state index is 12.6. The molecule has 1 aliphatic rings. The topological polar surface area (TPSA) is 65.8 Å². The van der Waals surface area contributed by atoms with Crippen molar-refractivity contribution >= 4 is 35.0 Å². The number of carbonyl (C=O) groups excluding carboxylic acids is 1. The Kier molecular flexibility index (Phi) is 5.85. The molecule has 26 heavy (non-hydrogen) atoms. The zero-order valence-corrected chi connectivity index (χ0v) is 16.4. The number of anilines is 1. The lowest BCUT2D eigenvalue weighted by Gasteiger charge is -2.18. The van der Waals surface area contributed by atoms with Gasteiger partial charge in [0.15, 0.2) is 0 Å². The second-order valence-corrected chi connectivity index (χ2v) is 8.24. The fraction of sp³-hybridized carbons (Fsp3) is 0.350. The molecule has 3 rings (SSSR count). The van der Waals surface area contributed by atoms with E-state index in [0.717, 1.165) is 36.9 Å². The molecule has 0 radical (unpaired) electrons. The van der Waals surface area contributed by atoms with Gasteiger partial charge in [0.25, 0.3) is 0 Å². The van der Waals surface area contributed by atoms with Crippen molar-refractivity contribution < 1.29 is 4.79 Å². The van der Waals surface area contributed by atoms with Gasteiger partial charge in [0.1, 0.15) is 11.1 Å². The molecule has 0 saturated heterocycles. The first-order valence-electron chi connectivity index (χ1n) is 8.64.